The lowest BCUT2D eigenvalue weighted by Gasteiger charge is -2.11. The molecule has 1 heterocycles. The number of ether oxygens (including phenoxy) is 1. The number of alkyl halides is 4. The van der Waals surface area contributed by atoms with E-state index in [-0.39, 0.29) is 12.0 Å². The van der Waals surface area contributed by atoms with Crippen LogP contribution in [-0.4, -0.2) is 17.1 Å². The van der Waals surface area contributed by atoms with E-state index in [4.69, 9.17) is 4.74 Å². The maximum Gasteiger partial charge on any atom is 0.416 e. The zero-order chi connectivity index (χ0) is 12.5. The van der Waals surface area contributed by atoms with Gasteiger partial charge in [0.15, 0.2) is 0 Å². The van der Waals surface area contributed by atoms with Crippen molar-refractivity contribution in [3.05, 3.63) is 35.4 Å². The Kier molecular flexibility index (Phi) is 3.97. The molecule has 94 valence electrons. The van der Waals surface area contributed by atoms with Gasteiger partial charge in [-0.1, -0.05) is 34.7 Å². The summed E-state index contributed by atoms with van der Waals surface area (Å²) in [6, 6.07) is 5.41. The van der Waals surface area contributed by atoms with Crippen LogP contribution in [-0.2, 0) is 10.9 Å². The Hall–Kier alpha value is -0.300. The molecule has 0 amide bonds. The van der Waals surface area contributed by atoms with Crippen LogP contribution >= 0.6 is 22.6 Å². The molecule has 5 heteroatoms. The maximum atomic E-state index is 12.4. The van der Waals surface area contributed by atoms with Crippen molar-refractivity contribution in [1.82, 2.24) is 0 Å². The van der Waals surface area contributed by atoms with Gasteiger partial charge in [-0.3, -0.25) is 0 Å². The van der Waals surface area contributed by atoms with Crippen LogP contribution in [0.1, 0.15) is 23.5 Å². The second-order valence-electron chi connectivity index (χ2n) is 4.16. The zero-order valence-corrected chi connectivity index (χ0v) is 11.2. The molecule has 1 nitrogen and oxygen atoms in total. The SMILES string of the molecule is FC(F)(F)c1ccc(C2COC(CI)C2)cc1. The molecular weight excluding hydrogens is 344 g/mol. The lowest BCUT2D eigenvalue weighted by molar-refractivity contribution is -0.137. The van der Waals surface area contributed by atoms with E-state index in [2.05, 4.69) is 22.6 Å². The van der Waals surface area contributed by atoms with Gasteiger partial charge < -0.3 is 4.74 Å². The van der Waals surface area contributed by atoms with Crippen molar-refractivity contribution < 1.29 is 17.9 Å². The Balaban J connectivity index is 2.09. The summed E-state index contributed by atoms with van der Waals surface area (Å²) in [5, 5.41) is 0. The molecule has 0 saturated carbocycles. The number of rotatable bonds is 2. The molecule has 0 aliphatic carbocycles. The topological polar surface area (TPSA) is 9.23 Å². The fourth-order valence-corrected chi connectivity index (χ4v) is 2.60. The number of benzene rings is 1. The van der Waals surface area contributed by atoms with Gasteiger partial charge in [0.25, 0.3) is 0 Å². The largest absolute Gasteiger partial charge is 0.416 e. The van der Waals surface area contributed by atoms with Crippen LogP contribution in [0.5, 0.6) is 0 Å². The molecule has 1 saturated heterocycles. The maximum absolute atomic E-state index is 12.4. The summed E-state index contributed by atoms with van der Waals surface area (Å²) in [5.74, 6) is 0.233. The molecule has 1 fully saturated rings. The van der Waals surface area contributed by atoms with E-state index in [1.165, 1.54) is 0 Å². The standard InChI is InChI=1S/C12H12F3IO/c13-12(14,15)10-3-1-8(2-4-10)9-5-11(6-16)17-7-9/h1-4,9,11H,5-7H2. The summed E-state index contributed by atoms with van der Waals surface area (Å²) in [6.45, 7) is 0.610. The van der Waals surface area contributed by atoms with Crippen LogP contribution in [0.2, 0.25) is 0 Å². The molecular formula is C12H12F3IO. The average molecular weight is 356 g/mol. The van der Waals surface area contributed by atoms with E-state index in [1.807, 2.05) is 0 Å². The molecule has 1 aliphatic rings. The fraction of sp³-hybridized carbons (Fsp3) is 0.500. The summed E-state index contributed by atoms with van der Waals surface area (Å²) in [6.07, 6.45) is -3.12. The van der Waals surface area contributed by atoms with E-state index < -0.39 is 11.7 Å². The minimum atomic E-state index is -4.25. The summed E-state index contributed by atoms with van der Waals surface area (Å²) in [4.78, 5) is 0. The van der Waals surface area contributed by atoms with Crippen LogP contribution in [0.15, 0.2) is 24.3 Å². The third-order valence-electron chi connectivity index (χ3n) is 2.96. The van der Waals surface area contributed by atoms with Crippen molar-refractivity contribution >= 4 is 22.6 Å². The first-order valence-electron chi connectivity index (χ1n) is 5.35. The summed E-state index contributed by atoms with van der Waals surface area (Å²) >= 11 is 2.26. The van der Waals surface area contributed by atoms with E-state index >= 15 is 0 Å². The van der Waals surface area contributed by atoms with Crippen molar-refractivity contribution in [3.63, 3.8) is 0 Å². The number of halogens is 4. The number of hydrogen-bond acceptors (Lipinski definition) is 1. The van der Waals surface area contributed by atoms with E-state index in [0.717, 1.165) is 28.5 Å². The molecule has 1 aromatic carbocycles. The lowest BCUT2D eigenvalue weighted by Crippen LogP contribution is -2.06. The Morgan fingerprint density at radius 3 is 2.35 bits per heavy atom. The van der Waals surface area contributed by atoms with Crippen molar-refractivity contribution in [2.75, 3.05) is 11.0 Å². The van der Waals surface area contributed by atoms with Crippen LogP contribution in [0.3, 0.4) is 0 Å². The van der Waals surface area contributed by atoms with Crippen LogP contribution in [0, 0.1) is 0 Å². The average Bonchev–Trinajstić information content (AvgIpc) is 2.76. The van der Waals surface area contributed by atoms with Gasteiger partial charge >= 0.3 is 6.18 Å². The molecule has 1 aliphatic heterocycles. The van der Waals surface area contributed by atoms with Gasteiger partial charge in [-0.05, 0) is 24.1 Å². The van der Waals surface area contributed by atoms with E-state index in [0.29, 0.717) is 6.61 Å². The molecule has 1 aromatic rings. The van der Waals surface area contributed by atoms with Gasteiger partial charge in [0.2, 0.25) is 0 Å². The van der Waals surface area contributed by atoms with Gasteiger partial charge in [-0.25, -0.2) is 0 Å². The van der Waals surface area contributed by atoms with Crippen molar-refractivity contribution in [2.24, 2.45) is 0 Å². The molecule has 2 atom stereocenters. The summed E-state index contributed by atoms with van der Waals surface area (Å²) < 4.78 is 43.6. The van der Waals surface area contributed by atoms with E-state index in [9.17, 15) is 13.2 Å². The Bertz CT molecular complexity index is 374. The molecule has 2 rings (SSSR count). The first kappa shape index (κ1) is 13.1. The van der Waals surface area contributed by atoms with E-state index in [1.54, 1.807) is 12.1 Å². The molecule has 0 aromatic heterocycles. The normalized spacial score (nSPS) is 25.2. The van der Waals surface area contributed by atoms with Crippen LogP contribution in [0.4, 0.5) is 13.2 Å². The third-order valence-corrected chi connectivity index (χ3v) is 3.94. The second-order valence-corrected chi connectivity index (χ2v) is 5.04. The van der Waals surface area contributed by atoms with Gasteiger partial charge in [0, 0.05) is 10.3 Å². The predicted molar refractivity (Wildman–Crippen MR) is 67.4 cm³/mol. The molecule has 17 heavy (non-hydrogen) atoms. The molecule has 0 N–H and O–H groups in total. The highest BCUT2D eigenvalue weighted by Crippen LogP contribution is 2.33. The highest BCUT2D eigenvalue weighted by atomic mass is 127. The Labute approximate surface area is 111 Å². The van der Waals surface area contributed by atoms with Gasteiger partial charge in [0.1, 0.15) is 0 Å². The first-order valence-corrected chi connectivity index (χ1v) is 6.88. The summed E-state index contributed by atoms with van der Waals surface area (Å²) in [5.41, 5.74) is 0.343. The first-order chi connectivity index (χ1) is 8.00. The summed E-state index contributed by atoms with van der Waals surface area (Å²) in [7, 11) is 0. The third kappa shape index (κ3) is 3.13. The monoisotopic (exact) mass is 356 g/mol. The predicted octanol–water partition coefficient (Wildman–Crippen LogP) is 4.01. The highest BCUT2D eigenvalue weighted by molar-refractivity contribution is 14.1. The molecule has 0 spiro atoms. The van der Waals surface area contributed by atoms with Crippen molar-refractivity contribution in [3.8, 4) is 0 Å². The Morgan fingerprint density at radius 1 is 1.24 bits per heavy atom. The van der Waals surface area contributed by atoms with Gasteiger partial charge in [-0.2, -0.15) is 13.2 Å². The van der Waals surface area contributed by atoms with Crippen molar-refractivity contribution in [2.45, 2.75) is 24.6 Å². The van der Waals surface area contributed by atoms with Gasteiger partial charge in [-0.15, -0.1) is 0 Å². The minimum Gasteiger partial charge on any atom is -0.377 e. The Morgan fingerprint density at radius 2 is 1.88 bits per heavy atom. The fourth-order valence-electron chi connectivity index (χ4n) is 1.99. The smallest absolute Gasteiger partial charge is 0.377 e. The lowest BCUT2D eigenvalue weighted by atomic mass is 9.96. The van der Waals surface area contributed by atoms with Crippen LogP contribution in [0.25, 0.3) is 0 Å². The van der Waals surface area contributed by atoms with Crippen molar-refractivity contribution in [1.29, 1.82) is 0 Å². The van der Waals surface area contributed by atoms with Gasteiger partial charge in [0.05, 0.1) is 18.3 Å². The van der Waals surface area contributed by atoms with Crippen LogP contribution < -0.4 is 0 Å². The molecule has 0 radical (unpaired) electrons. The second kappa shape index (κ2) is 5.14. The molecule has 0 bridgehead atoms. The molecule has 2 unspecified atom stereocenters. The highest BCUT2D eigenvalue weighted by Gasteiger charge is 2.31. The minimum absolute atomic E-state index is 0.233. The number of hydrogen-bond donors (Lipinski definition) is 0. The quantitative estimate of drug-likeness (QED) is 0.575. The zero-order valence-electron chi connectivity index (χ0n) is 9.01.